The normalized spacial score (nSPS) is 27.3. The van der Waals surface area contributed by atoms with Crippen LogP contribution in [-0.4, -0.2) is 29.8 Å². The molecule has 1 amide bonds. The lowest BCUT2D eigenvalue weighted by Crippen LogP contribution is -2.49. The number of carbonyl (C=O) groups is 1. The third-order valence-corrected chi connectivity index (χ3v) is 8.56. The standard InChI is InChI=1S/C28H22ClF3N2O3/c29-24-17(30)10-19-16-11-28(37-19,20-5-2-6-33-20)13-3-1-4-14(9-13)34-27(36)15-7-12-8-18(31)26(35)21(12)25(32)23(15)22(16)24/h1,3-4,7,9-10,18,20,26,33,35H,2,5-6,8,11H2,(H,34,36)/t18-,20+,26+,28+/m1/s1. The first-order valence-corrected chi connectivity index (χ1v) is 12.7. The summed E-state index contributed by atoms with van der Waals surface area (Å²) in [6, 6.07) is 9.69. The molecule has 0 spiro atoms. The fourth-order valence-corrected chi connectivity index (χ4v) is 6.76. The van der Waals surface area contributed by atoms with E-state index in [1.54, 1.807) is 12.1 Å². The van der Waals surface area contributed by atoms with Crippen LogP contribution in [0.1, 0.15) is 51.6 Å². The first kappa shape index (κ1) is 23.1. The lowest BCUT2D eigenvalue weighted by atomic mass is 9.80. The van der Waals surface area contributed by atoms with Crippen LogP contribution in [0.3, 0.4) is 0 Å². The third-order valence-electron chi connectivity index (χ3n) is 8.19. The van der Waals surface area contributed by atoms with Crippen molar-refractivity contribution in [2.75, 3.05) is 11.9 Å². The molecule has 0 aromatic heterocycles. The number of aliphatic hydroxyl groups is 1. The SMILES string of the molecule is O=C1Nc2cccc(c2)[C@]2([C@@H]3CCCN3)Cc3c(cc(F)c(Cl)c3-c3c1cc1c(c3F)[C@@H](O)[C@H](F)C1)O2. The minimum Gasteiger partial charge on any atom is -0.480 e. The molecule has 1 saturated heterocycles. The molecule has 190 valence electrons. The van der Waals surface area contributed by atoms with Crippen molar-refractivity contribution < 1.29 is 27.8 Å². The quantitative estimate of drug-likeness (QED) is 0.399. The number of ether oxygens (including phenoxy) is 1. The van der Waals surface area contributed by atoms with Crippen LogP contribution in [0.25, 0.3) is 11.1 Å². The van der Waals surface area contributed by atoms with Gasteiger partial charge >= 0.3 is 0 Å². The molecule has 1 fully saturated rings. The number of benzene rings is 3. The van der Waals surface area contributed by atoms with Gasteiger partial charge in [-0.3, -0.25) is 4.79 Å². The van der Waals surface area contributed by atoms with Crippen LogP contribution in [-0.2, 0) is 18.4 Å². The van der Waals surface area contributed by atoms with E-state index in [2.05, 4.69) is 10.6 Å². The fourth-order valence-electron chi connectivity index (χ4n) is 6.49. The maximum absolute atomic E-state index is 16.3. The van der Waals surface area contributed by atoms with Gasteiger partial charge in [0.1, 0.15) is 29.7 Å². The van der Waals surface area contributed by atoms with Gasteiger partial charge in [0.15, 0.2) is 5.60 Å². The predicted octanol–water partition coefficient (Wildman–Crippen LogP) is 5.36. The van der Waals surface area contributed by atoms with Crippen LogP contribution in [0, 0.1) is 11.6 Å². The molecule has 4 aliphatic rings. The van der Waals surface area contributed by atoms with Gasteiger partial charge in [-0.05, 0) is 48.7 Å². The van der Waals surface area contributed by atoms with Gasteiger partial charge in [-0.2, -0.15) is 0 Å². The van der Waals surface area contributed by atoms with Crippen molar-refractivity contribution in [3.05, 3.63) is 80.9 Å². The van der Waals surface area contributed by atoms with Crippen molar-refractivity contribution in [3.63, 3.8) is 0 Å². The molecule has 3 heterocycles. The minimum absolute atomic E-state index is 0.00787. The summed E-state index contributed by atoms with van der Waals surface area (Å²) in [5.74, 6) is -2.24. The molecule has 37 heavy (non-hydrogen) atoms. The van der Waals surface area contributed by atoms with Crippen molar-refractivity contribution in [3.8, 4) is 16.9 Å². The number of nitrogens with one attached hydrogen (secondary N) is 2. The molecule has 3 N–H and O–H groups in total. The Kier molecular flexibility index (Phi) is 4.97. The van der Waals surface area contributed by atoms with Gasteiger partial charge in [-0.15, -0.1) is 0 Å². The smallest absolute Gasteiger partial charge is 0.256 e. The highest BCUT2D eigenvalue weighted by atomic mass is 35.5. The second-order valence-electron chi connectivity index (χ2n) is 10.2. The molecule has 4 bridgehead atoms. The average Bonchev–Trinajstić information content (AvgIpc) is 3.59. The molecule has 1 aliphatic carbocycles. The van der Waals surface area contributed by atoms with Crippen molar-refractivity contribution >= 4 is 23.2 Å². The Hall–Kier alpha value is -3.07. The maximum Gasteiger partial charge on any atom is 0.256 e. The van der Waals surface area contributed by atoms with Gasteiger partial charge in [0.2, 0.25) is 0 Å². The van der Waals surface area contributed by atoms with E-state index in [0.29, 0.717) is 11.3 Å². The number of amides is 1. The van der Waals surface area contributed by atoms with E-state index < -0.39 is 35.4 Å². The molecule has 4 atom stereocenters. The number of fused-ring (bicyclic) bond motifs is 7. The molecular formula is C28H22ClF3N2O3. The number of aliphatic hydroxyl groups excluding tert-OH is 1. The summed E-state index contributed by atoms with van der Waals surface area (Å²) < 4.78 is 52.6. The summed E-state index contributed by atoms with van der Waals surface area (Å²) >= 11 is 6.52. The second kappa shape index (κ2) is 7.96. The lowest BCUT2D eigenvalue weighted by molar-refractivity contribution is 0.0539. The first-order valence-electron chi connectivity index (χ1n) is 12.3. The summed E-state index contributed by atoms with van der Waals surface area (Å²) in [6.45, 7) is 0.788. The van der Waals surface area contributed by atoms with Gasteiger partial charge in [0, 0.05) is 46.8 Å². The van der Waals surface area contributed by atoms with Crippen molar-refractivity contribution in [1.82, 2.24) is 5.32 Å². The van der Waals surface area contributed by atoms with Crippen LogP contribution in [0.5, 0.6) is 5.75 Å². The van der Waals surface area contributed by atoms with Crippen LogP contribution >= 0.6 is 11.6 Å². The van der Waals surface area contributed by atoms with Crippen LogP contribution in [0.15, 0.2) is 36.4 Å². The summed E-state index contributed by atoms with van der Waals surface area (Å²) in [5.41, 5.74) is 0.350. The summed E-state index contributed by atoms with van der Waals surface area (Å²) in [4.78, 5) is 13.6. The van der Waals surface area contributed by atoms with Gasteiger partial charge in [0.25, 0.3) is 5.91 Å². The predicted molar refractivity (Wildman–Crippen MR) is 132 cm³/mol. The molecule has 0 unspecified atom stereocenters. The number of carbonyl (C=O) groups excluding carboxylic acids is 1. The number of hydrogen-bond acceptors (Lipinski definition) is 4. The molecule has 9 heteroatoms. The van der Waals surface area contributed by atoms with Gasteiger partial charge in [-0.25, -0.2) is 13.2 Å². The second-order valence-corrected chi connectivity index (χ2v) is 10.6. The largest absolute Gasteiger partial charge is 0.480 e. The Morgan fingerprint density at radius 2 is 2.00 bits per heavy atom. The van der Waals surface area contributed by atoms with E-state index >= 15 is 8.78 Å². The van der Waals surface area contributed by atoms with Crippen LogP contribution < -0.4 is 15.4 Å². The van der Waals surface area contributed by atoms with Gasteiger partial charge in [-0.1, -0.05) is 23.7 Å². The number of halogens is 4. The van der Waals surface area contributed by atoms with E-state index in [1.807, 2.05) is 12.1 Å². The molecule has 0 saturated carbocycles. The highest BCUT2D eigenvalue weighted by Gasteiger charge is 2.51. The number of hydrogen-bond donors (Lipinski definition) is 3. The summed E-state index contributed by atoms with van der Waals surface area (Å²) in [6.07, 6.45) is -1.68. The summed E-state index contributed by atoms with van der Waals surface area (Å²) in [7, 11) is 0. The molecule has 7 rings (SSSR count). The zero-order valence-electron chi connectivity index (χ0n) is 19.5. The molecule has 3 aliphatic heterocycles. The molecule has 3 aromatic carbocycles. The zero-order chi connectivity index (χ0) is 25.6. The van der Waals surface area contributed by atoms with Crippen LogP contribution in [0.2, 0.25) is 5.02 Å². The topological polar surface area (TPSA) is 70.6 Å². The molecule has 5 nitrogen and oxygen atoms in total. The summed E-state index contributed by atoms with van der Waals surface area (Å²) in [5, 5.41) is 16.4. The van der Waals surface area contributed by atoms with E-state index in [1.165, 1.54) is 12.1 Å². The van der Waals surface area contributed by atoms with Crippen LogP contribution in [0.4, 0.5) is 18.9 Å². The fraction of sp³-hybridized carbons (Fsp3) is 0.321. The molecule has 3 aromatic rings. The molecular weight excluding hydrogens is 505 g/mol. The lowest BCUT2D eigenvalue weighted by Gasteiger charge is -2.35. The third kappa shape index (κ3) is 3.15. The monoisotopic (exact) mass is 526 g/mol. The highest BCUT2D eigenvalue weighted by molar-refractivity contribution is 6.34. The first-order chi connectivity index (χ1) is 17.8. The Morgan fingerprint density at radius 1 is 1.16 bits per heavy atom. The van der Waals surface area contributed by atoms with Crippen molar-refractivity contribution in [2.45, 2.75) is 49.6 Å². The van der Waals surface area contributed by atoms with Crippen molar-refractivity contribution in [2.24, 2.45) is 0 Å². The Bertz CT molecular complexity index is 1510. The molecule has 0 radical (unpaired) electrons. The van der Waals surface area contributed by atoms with E-state index in [0.717, 1.165) is 24.9 Å². The Labute approximate surface area is 215 Å². The zero-order valence-corrected chi connectivity index (χ0v) is 20.3. The van der Waals surface area contributed by atoms with E-state index in [9.17, 15) is 14.3 Å². The average molecular weight is 527 g/mol. The Morgan fingerprint density at radius 3 is 2.78 bits per heavy atom. The van der Waals surface area contributed by atoms with Crippen molar-refractivity contribution in [1.29, 1.82) is 0 Å². The maximum atomic E-state index is 16.3. The number of anilines is 1. The number of alkyl halides is 1. The van der Waals surface area contributed by atoms with Gasteiger partial charge in [0.05, 0.1) is 16.6 Å². The number of rotatable bonds is 1. The Balaban J connectivity index is 1.58. The van der Waals surface area contributed by atoms with E-state index in [-0.39, 0.29) is 57.5 Å². The van der Waals surface area contributed by atoms with E-state index in [4.69, 9.17) is 16.3 Å². The van der Waals surface area contributed by atoms with Gasteiger partial charge < -0.3 is 20.5 Å². The highest BCUT2D eigenvalue weighted by Crippen LogP contribution is 2.53. The minimum atomic E-state index is -1.72.